The van der Waals surface area contributed by atoms with E-state index in [4.69, 9.17) is 5.73 Å². The fourth-order valence-electron chi connectivity index (χ4n) is 1.71. The van der Waals surface area contributed by atoms with E-state index in [1.165, 1.54) is 10.1 Å². The van der Waals surface area contributed by atoms with E-state index in [2.05, 4.69) is 34.7 Å². The summed E-state index contributed by atoms with van der Waals surface area (Å²) in [5.41, 5.74) is 7.52. The number of nitrogens with zero attached hydrogens (tertiary/aromatic N) is 2. The number of fused-ring (bicyclic) bond motifs is 1. The Bertz CT molecular complexity index is 624. The molecule has 0 saturated carbocycles. The van der Waals surface area contributed by atoms with Gasteiger partial charge in [-0.05, 0) is 41.1 Å². The number of hydrogen-bond donors (Lipinski definition) is 1. The van der Waals surface area contributed by atoms with Crippen molar-refractivity contribution in [1.29, 1.82) is 0 Å². The molecule has 0 aliphatic rings. The summed E-state index contributed by atoms with van der Waals surface area (Å²) in [5, 5.41) is 7.74. The fraction of sp³-hybridized carbons (Fsp3) is 0.0833. The molecule has 0 spiro atoms. The van der Waals surface area contributed by atoms with E-state index in [1.807, 2.05) is 16.9 Å². The zero-order chi connectivity index (χ0) is 11.0. The van der Waals surface area contributed by atoms with Crippen molar-refractivity contribution < 1.29 is 0 Å². The summed E-state index contributed by atoms with van der Waals surface area (Å²) in [4.78, 5) is 0. The Kier molecular flexibility index (Phi) is 2.23. The maximum absolute atomic E-state index is 5.54. The number of nitrogens with two attached hydrogens (primary N) is 1. The molecule has 2 N–H and O–H groups in total. The van der Waals surface area contributed by atoms with E-state index >= 15 is 0 Å². The third-order valence-corrected chi connectivity index (χ3v) is 3.45. The van der Waals surface area contributed by atoms with Crippen LogP contribution in [0.3, 0.4) is 0 Å². The standard InChI is InChI=1S/C12H11N3S/c13-8-10-3-5-15(14-10)11-1-2-12-9(7-11)4-6-16-12/h1-7H,8,13H2. The number of benzene rings is 1. The third-order valence-electron chi connectivity index (χ3n) is 2.55. The molecule has 0 saturated heterocycles. The molecule has 0 unspecified atom stereocenters. The molecule has 3 nitrogen and oxygen atoms in total. The van der Waals surface area contributed by atoms with Crippen LogP contribution in [0.5, 0.6) is 0 Å². The molecule has 1 aromatic carbocycles. The largest absolute Gasteiger partial charge is 0.325 e. The summed E-state index contributed by atoms with van der Waals surface area (Å²) in [5.74, 6) is 0. The van der Waals surface area contributed by atoms with Crippen LogP contribution in [0.25, 0.3) is 15.8 Å². The lowest BCUT2D eigenvalue weighted by Crippen LogP contribution is -2.00. The third kappa shape index (κ3) is 1.52. The van der Waals surface area contributed by atoms with E-state index < -0.39 is 0 Å². The van der Waals surface area contributed by atoms with Gasteiger partial charge < -0.3 is 5.73 Å². The van der Waals surface area contributed by atoms with Crippen molar-refractivity contribution in [2.45, 2.75) is 6.54 Å². The van der Waals surface area contributed by atoms with Gasteiger partial charge in [0.05, 0.1) is 11.4 Å². The van der Waals surface area contributed by atoms with Crippen LogP contribution >= 0.6 is 11.3 Å². The van der Waals surface area contributed by atoms with Gasteiger partial charge in [-0.25, -0.2) is 4.68 Å². The van der Waals surface area contributed by atoms with Crippen molar-refractivity contribution in [3.8, 4) is 5.69 Å². The normalized spacial score (nSPS) is 11.1. The van der Waals surface area contributed by atoms with Crippen LogP contribution in [0.1, 0.15) is 5.69 Å². The second kappa shape index (κ2) is 3.73. The van der Waals surface area contributed by atoms with Gasteiger partial charge in [0, 0.05) is 17.4 Å². The highest BCUT2D eigenvalue weighted by Crippen LogP contribution is 2.23. The second-order valence-corrected chi connectivity index (χ2v) is 4.55. The molecule has 16 heavy (non-hydrogen) atoms. The smallest absolute Gasteiger partial charge is 0.0764 e. The topological polar surface area (TPSA) is 43.8 Å². The lowest BCUT2D eigenvalue weighted by molar-refractivity contribution is 0.835. The summed E-state index contributed by atoms with van der Waals surface area (Å²) in [6.45, 7) is 0.480. The molecule has 2 heterocycles. The molecular weight excluding hydrogens is 218 g/mol. The maximum Gasteiger partial charge on any atom is 0.0764 e. The first-order chi connectivity index (χ1) is 7.86. The summed E-state index contributed by atoms with van der Waals surface area (Å²) < 4.78 is 3.16. The van der Waals surface area contributed by atoms with E-state index in [0.29, 0.717) is 6.54 Å². The van der Waals surface area contributed by atoms with Crippen molar-refractivity contribution >= 4 is 21.4 Å². The van der Waals surface area contributed by atoms with Crippen LogP contribution in [-0.4, -0.2) is 9.78 Å². The second-order valence-electron chi connectivity index (χ2n) is 3.60. The van der Waals surface area contributed by atoms with E-state index in [0.717, 1.165) is 11.4 Å². The summed E-state index contributed by atoms with van der Waals surface area (Å²) in [6, 6.07) is 10.4. The molecule has 0 atom stereocenters. The highest BCUT2D eigenvalue weighted by molar-refractivity contribution is 7.17. The average Bonchev–Trinajstić information content (AvgIpc) is 2.96. The fourth-order valence-corrected chi connectivity index (χ4v) is 2.48. The number of rotatable bonds is 2. The van der Waals surface area contributed by atoms with Gasteiger partial charge in [0.2, 0.25) is 0 Å². The predicted molar refractivity (Wildman–Crippen MR) is 66.8 cm³/mol. The Labute approximate surface area is 97.1 Å². The minimum Gasteiger partial charge on any atom is -0.325 e. The highest BCUT2D eigenvalue weighted by Gasteiger charge is 2.01. The molecule has 2 aromatic heterocycles. The first-order valence-corrected chi connectivity index (χ1v) is 5.97. The van der Waals surface area contributed by atoms with Gasteiger partial charge in [0.25, 0.3) is 0 Å². The first kappa shape index (κ1) is 9.57. The molecule has 3 rings (SSSR count). The number of hydrogen-bond acceptors (Lipinski definition) is 3. The van der Waals surface area contributed by atoms with Gasteiger partial charge in [0.15, 0.2) is 0 Å². The Hall–Kier alpha value is -1.65. The minimum atomic E-state index is 0.480. The van der Waals surface area contributed by atoms with Crippen LogP contribution in [0.2, 0.25) is 0 Å². The molecule has 0 aliphatic carbocycles. The molecule has 80 valence electrons. The Balaban J connectivity index is 2.10. The summed E-state index contributed by atoms with van der Waals surface area (Å²) in [7, 11) is 0. The Morgan fingerprint density at radius 2 is 2.19 bits per heavy atom. The summed E-state index contributed by atoms with van der Waals surface area (Å²) >= 11 is 1.75. The molecule has 0 bridgehead atoms. The molecule has 0 amide bonds. The van der Waals surface area contributed by atoms with E-state index in [1.54, 1.807) is 11.3 Å². The van der Waals surface area contributed by atoms with Gasteiger partial charge in [-0.2, -0.15) is 5.10 Å². The van der Waals surface area contributed by atoms with Crippen molar-refractivity contribution in [3.05, 3.63) is 47.6 Å². The Morgan fingerprint density at radius 3 is 3.00 bits per heavy atom. The van der Waals surface area contributed by atoms with Gasteiger partial charge in [-0.3, -0.25) is 0 Å². The number of aromatic nitrogens is 2. The minimum absolute atomic E-state index is 0.480. The lowest BCUT2D eigenvalue weighted by atomic mass is 10.2. The lowest BCUT2D eigenvalue weighted by Gasteiger charge is -2.01. The molecule has 0 radical (unpaired) electrons. The van der Waals surface area contributed by atoms with Crippen molar-refractivity contribution in [1.82, 2.24) is 9.78 Å². The number of thiophene rings is 1. The van der Waals surface area contributed by atoms with Gasteiger partial charge in [0.1, 0.15) is 0 Å². The molecular formula is C12H11N3S. The molecule has 4 heteroatoms. The monoisotopic (exact) mass is 229 g/mol. The van der Waals surface area contributed by atoms with Gasteiger partial charge in [-0.1, -0.05) is 0 Å². The van der Waals surface area contributed by atoms with Crippen LogP contribution in [0.15, 0.2) is 41.9 Å². The van der Waals surface area contributed by atoms with Crippen LogP contribution in [0, 0.1) is 0 Å². The van der Waals surface area contributed by atoms with E-state index in [-0.39, 0.29) is 0 Å². The zero-order valence-electron chi connectivity index (χ0n) is 8.63. The van der Waals surface area contributed by atoms with Crippen LogP contribution < -0.4 is 5.73 Å². The average molecular weight is 229 g/mol. The Morgan fingerprint density at radius 1 is 1.25 bits per heavy atom. The predicted octanol–water partition coefficient (Wildman–Crippen LogP) is 2.55. The van der Waals surface area contributed by atoms with Crippen molar-refractivity contribution in [2.24, 2.45) is 5.73 Å². The van der Waals surface area contributed by atoms with E-state index in [9.17, 15) is 0 Å². The zero-order valence-corrected chi connectivity index (χ0v) is 9.45. The van der Waals surface area contributed by atoms with Gasteiger partial charge >= 0.3 is 0 Å². The maximum atomic E-state index is 5.54. The molecule has 3 aromatic rings. The first-order valence-electron chi connectivity index (χ1n) is 5.09. The molecule has 0 fully saturated rings. The van der Waals surface area contributed by atoms with Crippen LogP contribution in [0.4, 0.5) is 0 Å². The SMILES string of the molecule is NCc1ccn(-c2ccc3sccc3c2)n1. The van der Waals surface area contributed by atoms with Crippen molar-refractivity contribution in [3.63, 3.8) is 0 Å². The van der Waals surface area contributed by atoms with Crippen LogP contribution in [-0.2, 0) is 6.54 Å². The highest BCUT2D eigenvalue weighted by atomic mass is 32.1. The quantitative estimate of drug-likeness (QED) is 0.734. The summed E-state index contributed by atoms with van der Waals surface area (Å²) in [6.07, 6.45) is 1.94. The molecule has 0 aliphatic heterocycles. The van der Waals surface area contributed by atoms with Crippen molar-refractivity contribution in [2.75, 3.05) is 0 Å². The van der Waals surface area contributed by atoms with Gasteiger partial charge in [-0.15, -0.1) is 11.3 Å².